The molecule has 104 valence electrons. The van der Waals surface area contributed by atoms with Gasteiger partial charge in [-0.15, -0.1) is 0 Å². The molecule has 1 N–H and O–H groups in total. The number of nitrogens with zero attached hydrogens (tertiary/aromatic N) is 4. The highest BCUT2D eigenvalue weighted by molar-refractivity contribution is 5.73. The Hall–Kier alpha value is -1.85. The molecule has 0 aliphatic carbocycles. The minimum Gasteiger partial charge on any atom is -0.370 e. The molecule has 0 saturated carbocycles. The molecule has 1 aromatic rings. The van der Waals surface area contributed by atoms with Gasteiger partial charge in [0.1, 0.15) is 18.0 Å². The number of aromatic nitrogens is 2. The van der Waals surface area contributed by atoms with Crippen LogP contribution in [0.2, 0.25) is 0 Å². The second-order valence-corrected chi connectivity index (χ2v) is 4.69. The van der Waals surface area contributed by atoms with E-state index in [0.717, 1.165) is 49.9 Å². The quantitative estimate of drug-likeness (QED) is 0.877. The van der Waals surface area contributed by atoms with E-state index in [0.29, 0.717) is 0 Å². The summed E-state index contributed by atoms with van der Waals surface area (Å²) in [6.45, 7) is 9.71. The maximum absolute atomic E-state index is 11.3. The molecule has 2 rings (SSSR count). The summed E-state index contributed by atoms with van der Waals surface area (Å²) in [7, 11) is 0. The van der Waals surface area contributed by atoms with Crippen molar-refractivity contribution in [2.45, 2.75) is 20.8 Å². The van der Waals surface area contributed by atoms with Crippen LogP contribution in [0.3, 0.4) is 0 Å². The van der Waals surface area contributed by atoms with Crippen molar-refractivity contribution in [2.75, 3.05) is 42.9 Å². The Morgan fingerprint density at radius 3 is 2.58 bits per heavy atom. The van der Waals surface area contributed by atoms with E-state index in [2.05, 4.69) is 20.2 Å². The fraction of sp³-hybridized carbons (Fsp3) is 0.615. The second-order valence-electron chi connectivity index (χ2n) is 4.69. The van der Waals surface area contributed by atoms with Gasteiger partial charge < -0.3 is 15.1 Å². The lowest BCUT2D eigenvalue weighted by Gasteiger charge is -2.35. The molecule has 1 amide bonds. The smallest absolute Gasteiger partial charge is 0.219 e. The summed E-state index contributed by atoms with van der Waals surface area (Å²) in [6, 6.07) is 0. The first-order valence-electron chi connectivity index (χ1n) is 6.69. The molecule has 0 radical (unpaired) electrons. The minimum absolute atomic E-state index is 0.146. The van der Waals surface area contributed by atoms with Crippen molar-refractivity contribution in [3.8, 4) is 0 Å². The lowest BCUT2D eigenvalue weighted by atomic mass is 10.2. The van der Waals surface area contributed by atoms with Gasteiger partial charge in [0.05, 0.1) is 0 Å². The number of carbonyl (C=O) groups excluding carboxylic acids is 1. The molecule has 0 spiro atoms. The van der Waals surface area contributed by atoms with Crippen LogP contribution in [0.4, 0.5) is 11.6 Å². The monoisotopic (exact) mass is 263 g/mol. The van der Waals surface area contributed by atoms with E-state index < -0.39 is 0 Å². The Labute approximate surface area is 113 Å². The number of hydrogen-bond donors (Lipinski definition) is 1. The van der Waals surface area contributed by atoms with E-state index in [-0.39, 0.29) is 5.91 Å². The molecule has 6 heteroatoms. The summed E-state index contributed by atoms with van der Waals surface area (Å²) in [6.07, 6.45) is 1.59. The van der Waals surface area contributed by atoms with Crippen LogP contribution < -0.4 is 10.2 Å². The van der Waals surface area contributed by atoms with Crippen LogP contribution in [-0.2, 0) is 4.79 Å². The number of rotatable bonds is 3. The molecule has 0 atom stereocenters. The normalized spacial score (nSPS) is 15.5. The molecule has 1 aromatic heterocycles. The molecule has 0 aromatic carbocycles. The maximum atomic E-state index is 11.3. The molecular weight excluding hydrogens is 242 g/mol. The van der Waals surface area contributed by atoms with Gasteiger partial charge in [0, 0.05) is 45.2 Å². The van der Waals surface area contributed by atoms with E-state index in [9.17, 15) is 4.79 Å². The average molecular weight is 263 g/mol. The van der Waals surface area contributed by atoms with Gasteiger partial charge in [-0.3, -0.25) is 4.79 Å². The van der Waals surface area contributed by atoms with Crippen LogP contribution >= 0.6 is 0 Å². The van der Waals surface area contributed by atoms with E-state index >= 15 is 0 Å². The van der Waals surface area contributed by atoms with Gasteiger partial charge in [-0.05, 0) is 13.8 Å². The van der Waals surface area contributed by atoms with Crippen LogP contribution in [0.25, 0.3) is 0 Å². The molecule has 1 saturated heterocycles. The highest BCUT2D eigenvalue weighted by Gasteiger charge is 2.21. The first-order chi connectivity index (χ1) is 9.13. The fourth-order valence-electron chi connectivity index (χ4n) is 2.34. The van der Waals surface area contributed by atoms with Crippen LogP contribution in [0.5, 0.6) is 0 Å². The average Bonchev–Trinajstić information content (AvgIpc) is 2.41. The van der Waals surface area contributed by atoms with Crippen molar-refractivity contribution in [3.63, 3.8) is 0 Å². The summed E-state index contributed by atoms with van der Waals surface area (Å²) in [5.74, 6) is 2.00. The molecule has 19 heavy (non-hydrogen) atoms. The van der Waals surface area contributed by atoms with Crippen molar-refractivity contribution in [1.82, 2.24) is 14.9 Å². The molecule has 1 aliphatic heterocycles. The number of hydrogen-bond acceptors (Lipinski definition) is 5. The zero-order chi connectivity index (χ0) is 13.8. The third-order valence-electron chi connectivity index (χ3n) is 3.43. The largest absolute Gasteiger partial charge is 0.370 e. The zero-order valence-electron chi connectivity index (χ0n) is 11.8. The Morgan fingerprint density at radius 1 is 1.32 bits per heavy atom. The van der Waals surface area contributed by atoms with Gasteiger partial charge in [0.2, 0.25) is 5.91 Å². The Bertz CT molecular complexity index is 454. The van der Waals surface area contributed by atoms with Crippen molar-refractivity contribution in [1.29, 1.82) is 0 Å². The topological polar surface area (TPSA) is 61.4 Å². The maximum Gasteiger partial charge on any atom is 0.219 e. The molecule has 0 unspecified atom stereocenters. The second kappa shape index (κ2) is 5.86. The predicted molar refractivity (Wildman–Crippen MR) is 75.4 cm³/mol. The van der Waals surface area contributed by atoms with E-state index in [1.165, 1.54) is 0 Å². The van der Waals surface area contributed by atoms with Gasteiger partial charge in [0.15, 0.2) is 0 Å². The van der Waals surface area contributed by atoms with Gasteiger partial charge in [-0.25, -0.2) is 9.97 Å². The van der Waals surface area contributed by atoms with Crippen molar-refractivity contribution in [2.24, 2.45) is 0 Å². The van der Waals surface area contributed by atoms with Gasteiger partial charge in [0.25, 0.3) is 0 Å². The van der Waals surface area contributed by atoms with Gasteiger partial charge in [-0.1, -0.05) is 0 Å². The first kappa shape index (κ1) is 13.6. The molecule has 6 nitrogen and oxygen atoms in total. The highest BCUT2D eigenvalue weighted by atomic mass is 16.2. The Kier molecular flexibility index (Phi) is 4.19. The number of piperazine rings is 1. The standard InChI is InChI=1S/C13H21N5O/c1-4-14-12-10(2)13(16-9-15-12)18-7-5-17(6-8-18)11(3)19/h9H,4-8H2,1-3H3,(H,14,15,16). The van der Waals surface area contributed by atoms with E-state index in [4.69, 9.17) is 0 Å². The van der Waals surface area contributed by atoms with Crippen LogP contribution in [0.15, 0.2) is 6.33 Å². The summed E-state index contributed by atoms with van der Waals surface area (Å²) < 4.78 is 0. The summed E-state index contributed by atoms with van der Waals surface area (Å²) in [4.78, 5) is 24.1. The van der Waals surface area contributed by atoms with E-state index in [1.54, 1.807) is 13.3 Å². The summed E-state index contributed by atoms with van der Waals surface area (Å²) in [5, 5.41) is 3.24. The Balaban J connectivity index is 2.11. The van der Waals surface area contributed by atoms with Crippen molar-refractivity contribution >= 4 is 17.5 Å². The SMILES string of the molecule is CCNc1ncnc(N2CCN(C(C)=O)CC2)c1C. The lowest BCUT2D eigenvalue weighted by Crippen LogP contribution is -2.48. The van der Waals surface area contributed by atoms with Gasteiger partial charge in [-0.2, -0.15) is 0 Å². The predicted octanol–water partition coefficient (Wildman–Crippen LogP) is 0.885. The van der Waals surface area contributed by atoms with E-state index in [1.807, 2.05) is 18.7 Å². The molecule has 2 heterocycles. The summed E-state index contributed by atoms with van der Waals surface area (Å²) >= 11 is 0. The molecule has 1 aliphatic rings. The number of nitrogens with one attached hydrogen (secondary N) is 1. The lowest BCUT2D eigenvalue weighted by molar-refractivity contribution is -0.129. The van der Waals surface area contributed by atoms with Crippen molar-refractivity contribution < 1.29 is 4.79 Å². The molecule has 1 fully saturated rings. The number of amides is 1. The van der Waals surface area contributed by atoms with Crippen LogP contribution in [0, 0.1) is 6.92 Å². The van der Waals surface area contributed by atoms with Gasteiger partial charge >= 0.3 is 0 Å². The third-order valence-corrected chi connectivity index (χ3v) is 3.43. The Morgan fingerprint density at radius 2 is 2.00 bits per heavy atom. The number of anilines is 2. The van der Waals surface area contributed by atoms with Crippen LogP contribution in [-0.4, -0.2) is 53.5 Å². The summed E-state index contributed by atoms with van der Waals surface area (Å²) in [5.41, 5.74) is 1.07. The molecular formula is C13H21N5O. The third kappa shape index (κ3) is 2.94. The highest BCUT2D eigenvalue weighted by Crippen LogP contribution is 2.23. The first-order valence-corrected chi connectivity index (χ1v) is 6.69. The molecule has 0 bridgehead atoms. The van der Waals surface area contributed by atoms with Crippen molar-refractivity contribution in [3.05, 3.63) is 11.9 Å². The minimum atomic E-state index is 0.146. The zero-order valence-corrected chi connectivity index (χ0v) is 11.8. The number of carbonyl (C=O) groups is 1. The fourth-order valence-corrected chi connectivity index (χ4v) is 2.34. The van der Waals surface area contributed by atoms with Crippen LogP contribution in [0.1, 0.15) is 19.4 Å².